The van der Waals surface area contributed by atoms with Crippen LogP contribution >= 0.6 is 0 Å². The lowest BCUT2D eigenvalue weighted by Crippen LogP contribution is -2.42. The summed E-state index contributed by atoms with van der Waals surface area (Å²) in [4.78, 5) is 42.0. The van der Waals surface area contributed by atoms with E-state index in [0.29, 0.717) is 26.0 Å². The summed E-state index contributed by atoms with van der Waals surface area (Å²) >= 11 is 0. The molecule has 8 heteroatoms. The van der Waals surface area contributed by atoms with Crippen molar-refractivity contribution in [1.82, 2.24) is 15.1 Å². The molecule has 0 fully saturated rings. The first kappa shape index (κ1) is 54.2. The van der Waals surface area contributed by atoms with E-state index < -0.39 is 0 Å². The molecule has 1 N–H and O–H groups in total. The number of nitrogens with one attached hydrogen (secondary N) is 1. The number of ether oxygens (including phenoxy) is 2. The molecule has 0 aliphatic carbocycles. The summed E-state index contributed by atoms with van der Waals surface area (Å²) in [7, 11) is 4.15. The Bertz CT molecular complexity index is 854. The Hall–Kier alpha value is -1.83. The van der Waals surface area contributed by atoms with Gasteiger partial charge < -0.3 is 24.6 Å². The van der Waals surface area contributed by atoms with E-state index in [2.05, 4.69) is 45.1 Å². The number of carbonyl (C=O) groups excluding carboxylic acids is 3. The highest BCUT2D eigenvalue weighted by atomic mass is 16.5. The van der Waals surface area contributed by atoms with Crippen molar-refractivity contribution in [2.24, 2.45) is 0 Å². The Morgan fingerprint density at radius 1 is 0.464 bits per heavy atom. The monoisotopic (exact) mass is 794 g/mol. The van der Waals surface area contributed by atoms with Crippen LogP contribution in [0.4, 0.5) is 4.79 Å². The van der Waals surface area contributed by atoms with E-state index in [1.54, 1.807) is 0 Å². The average molecular weight is 794 g/mol. The molecular formula is C48H95N3O5. The van der Waals surface area contributed by atoms with Crippen molar-refractivity contribution in [3.8, 4) is 0 Å². The van der Waals surface area contributed by atoms with E-state index in [9.17, 15) is 14.4 Å². The van der Waals surface area contributed by atoms with Crippen molar-refractivity contribution >= 4 is 18.0 Å². The summed E-state index contributed by atoms with van der Waals surface area (Å²) in [6, 6.07) is 0.0479. The molecule has 332 valence electrons. The minimum absolute atomic E-state index is 0.0115. The van der Waals surface area contributed by atoms with Gasteiger partial charge in [-0.3, -0.25) is 9.59 Å². The van der Waals surface area contributed by atoms with Gasteiger partial charge in [-0.25, -0.2) is 4.79 Å². The van der Waals surface area contributed by atoms with Gasteiger partial charge in [0.2, 0.25) is 0 Å². The third-order valence-electron chi connectivity index (χ3n) is 11.0. The van der Waals surface area contributed by atoms with Crippen LogP contribution in [-0.4, -0.2) is 80.8 Å². The molecule has 0 atom stereocenters. The topological polar surface area (TPSA) is 88.2 Å². The summed E-state index contributed by atoms with van der Waals surface area (Å²) in [6.07, 6.45) is 38.0. The predicted octanol–water partition coefficient (Wildman–Crippen LogP) is 13.3. The lowest BCUT2D eigenvalue weighted by Gasteiger charge is -2.24. The Morgan fingerprint density at radius 3 is 1.43 bits per heavy atom. The zero-order valence-electron chi connectivity index (χ0n) is 38.1. The molecule has 0 aliphatic heterocycles. The van der Waals surface area contributed by atoms with E-state index in [4.69, 9.17) is 9.47 Å². The van der Waals surface area contributed by atoms with E-state index in [1.165, 1.54) is 109 Å². The van der Waals surface area contributed by atoms with Crippen molar-refractivity contribution in [1.29, 1.82) is 0 Å². The maximum Gasteiger partial charge on any atom is 0.317 e. The van der Waals surface area contributed by atoms with E-state index in [1.807, 2.05) is 4.90 Å². The normalized spacial score (nSPS) is 11.4. The SMILES string of the molecule is CCCCCCCCCOC(=O)CCCCCCCN(CCCN(C)C)C(=O)NCCCCCCCC(=O)OC(CCCCCCCC)CCCCCCCC. The average Bonchev–Trinajstić information content (AvgIpc) is 3.18. The van der Waals surface area contributed by atoms with Crippen LogP contribution in [0.25, 0.3) is 0 Å². The lowest BCUT2D eigenvalue weighted by atomic mass is 10.0. The second kappa shape index (κ2) is 42.8. The molecule has 0 spiro atoms. The fourth-order valence-corrected chi connectivity index (χ4v) is 7.36. The molecule has 56 heavy (non-hydrogen) atoms. The van der Waals surface area contributed by atoms with Crippen molar-refractivity contribution in [3.05, 3.63) is 0 Å². The molecule has 2 amide bonds. The predicted molar refractivity (Wildman–Crippen MR) is 238 cm³/mol. The van der Waals surface area contributed by atoms with E-state index >= 15 is 0 Å². The Morgan fingerprint density at radius 2 is 0.893 bits per heavy atom. The molecule has 8 nitrogen and oxygen atoms in total. The van der Waals surface area contributed by atoms with Crippen molar-refractivity contribution < 1.29 is 23.9 Å². The van der Waals surface area contributed by atoms with Gasteiger partial charge in [-0.2, -0.15) is 0 Å². The molecule has 0 saturated heterocycles. The van der Waals surface area contributed by atoms with E-state index in [0.717, 1.165) is 116 Å². The summed E-state index contributed by atoms with van der Waals surface area (Å²) in [6.45, 7) is 10.5. The first-order chi connectivity index (χ1) is 27.3. The highest BCUT2D eigenvalue weighted by Crippen LogP contribution is 2.18. The maximum atomic E-state index is 13.1. The van der Waals surface area contributed by atoms with Crippen molar-refractivity contribution in [2.45, 2.75) is 245 Å². The third-order valence-corrected chi connectivity index (χ3v) is 11.0. The van der Waals surface area contributed by atoms with Crippen LogP contribution in [0.1, 0.15) is 239 Å². The number of urea groups is 1. The second-order valence-corrected chi connectivity index (χ2v) is 17.0. The molecule has 0 aliphatic rings. The van der Waals surface area contributed by atoms with Crippen molar-refractivity contribution in [2.75, 3.05) is 46.9 Å². The molecule has 0 aromatic rings. The summed E-state index contributed by atoms with van der Waals surface area (Å²) in [5, 5.41) is 3.17. The highest BCUT2D eigenvalue weighted by molar-refractivity contribution is 5.74. The molecule has 0 unspecified atom stereocenters. The van der Waals surface area contributed by atoms with Crippen LogP contribution in [0.3, 0.4) is 0 Å². The number of unbranched alkanes of at least 4 members (excludes halogenated alkanes) is 24. The lowest BCUT2D eigenvalue weighted by molar-refractivity contribution is -0.150. The van der Waals surface area contributed by atoms with Gasteiger partial charge >= 0.3 is 18.0 Å². The number of amides is 2. The molecule has 0 aromatic heterocycles. The molecule has 0 rings (SSSR count). The zero-order valence-corrected chi connectivity index (χ0v) is 38.1. The number of nitrogens with zero attached hydrogens (tertiary/aromatic N) is 2. The van der Waals surface area contributed by atoms with Crippen molar-refractivity contribution in [3.63, 3.8) is 0 Å². The largest absolute Gasteiger partial charge is 0.466 e. The number of hydrogen-bond donors (Lipinski definition) is 1. The molecule has 0 heterocycles. The van der Waals surface area contributed by atoms with Gasteiger partial charge in [0.05, 0.1) is 6.61 Å². The molecule has 0 aromatic carbocycles. The maximum absolute atomic E-state index is 13.1. The fraction of sp³-hybridized carbons (Fsp3) is 0.938. The van der Waals surface area contributed by atoms with Crippen LogP contribution in [0.15, 0.2) is 0 Å². The van der Waals surface area contributed by atoms with Gasteiger partial charge in [0.15, 0.2) is 0 Å². The van der Waals surface area contributed by atoms with Gasteiger partial charge in [-0.1, -0.05) is 162 Å². The minimum Gasteiger partial charge on any atom is -0.466 e. The van der Waals surface area contributed by atoms with Gasteiger partial charge in [-0.15, -0.1) is 0 Å². The zero-order chi connectivity index (χ0) is 41.2. The summed E-state index contributed by atoms with van der Waals surface area (Å²) in [5.74, 6) is -0.0663. The van der Waals surface area contributed by atoms with Crippen LogP contribution in [0.5, 0.6) is 0 Å². The van der Waals surface area contributed by atoms with Crippen LogP contribution in [0, 0.1) is 0 Å². The Balaban J connectivity index is 4.22. The molecule has 0 bridgehead atoms. The molecule has 0 radical (unpaired) electrons. The van der Waals surface area contributed by atoms with Gasteiger partial charge in [-0.05, 0) is 84.8 Å². The summed E-state index contributed by atoms with van der Waals surface area (Å²) in [5.41, 5.74) is 0. The van der Waals surface area contributed by atoms with E-state index in [-0.39, 0.29) is 24.1 Å². The Labute approximate surface area is 348 Å². The van der Waals surface area contributed by atoms with Gasteiger partial charge in [0, 0.05) is 32.5 Å². The second-order valence-electron chi connectivity index (χ2n) is 17.0. The molecular weight excluding hydrogens is 699 g/mol. The van der Waals surface area contributed by atoms with Crippen LogP contribution in [0.2, 0.25) is 0 Å². The van der Waals surface area contributed by atoms with Crippen LogP contribution in [-0.2, 0) is 19.1 Å². The van der Waals surface area contributed by atoms with Crippen LogP contribution < -0.4 is 5.32 Å². The standard InChI is InChI=1S/C48H95N3O5/c1-6-9-12-15-18-27-34-44-55-46(52)38-30-24-20-26-33-42-51(43-35-41-50(4)5)48(54)49-40-32-25-19-23-31-39-47(53)56-45(36-28-21-16-13-10-7-2)37-29-22-17-14-11-8-3/h45H,6-44H2,1-5H3,(H,49,54). The Kier molecular flexibility index (Phi) is 41.4. The third kappa shape index (κ3) is 39.0. The fourth-order valence-electron chi connectivity index (χ4n) is 7.36. The number of esters is 2. The quantitative estimate of drug-likeness (QED) is 0.0488. The number of rotatable bonds is 43. The minimum atomic E-state index is -0.0548. The molecule has 0 saturated carbocycles. The first-order valence-electron chi connectivity index (χ1n) is 24.4. The first-order valence-corrected chi connectivity index (χ1v) is 24.4. The summed E-state index contributed by atoms with van der Waals surface area (Å²) < 4.78 is 11.4. The highest BCUT2D eigenvalue weighted by Gasteiger charge is 2.15. The number of carbonyl (C=O) groups is 3. The van der Waals surface area contributed by atoms with Gasteiger partial charge in [0.1, 0.15) is 6.10 Å². The smallest absolute Gasteiger partial charge is 0.317 e. The van der Waals surface area contributed by atoms with Gasteiger partial charge in [0.25, 0.3) is 0 Å². The number of hydrogen-bond acceptors (Lipinski definition) is 6.